The number of nitrogens with one attached hydrogen (secondary N) is 1. The Kier molecular flexibility index (Phi) is 6.56. The maximum absolute atomic E-state index is 12.0. The zero-order valence-corrected chi connectivity index (χ0v) is 17.2. The highest BCUT2D eigenvalue weighted by molar-refractivity contribution is 7.15. The highest BCUT2D eigenvalue weighted by Gasteiger charge is 2.14. The summed E-state index contributed by atoms with van der Waals surface area (Å²) >= 11 is 7.82. The van der Waals surface area contributed by atoms with E-state index >= 15 is 0 Å². The summed E-state index contributed by atoms with van der Waals surface area (Å²) in [4.78, 5) is 26.3. The molecule has 0 amide bonds. The molecular weight excluding hydrogens is 400 g/mol. The molecular formula is C19H19ClN4O3S. The number of aromatic nitrogens is 3. The van der Waals surface area contributed by atoms with Crippen molar-refractivity contribution in [3.05, 3.63) is 51.7 Å². The van der Waals surface area contributed by atoms with Crippen LogP contribution in [0.5, 0.6) is 0 Å². The highest BCUT2D eigenvalue weighted by Crippen LogP contribution is 2.29. The number of carbonyl (C=O) groups excluding carboxylic acids is 1. The fourth-order valence-corrected chi connectivity index (χ4v) is 3.64. The summed E-state index contributed by atoms with van der Waals surface area (Å²) in [6.45, 7) is 4.42. The lowest BCUT2D eigenvalue weighted by Gasteiger charge is -2.09. The Morgan fingerprint density at radius 2 is 2.04 bits per heavy atom. The van der Waals surface area contributed by atoms with Gasteiger partial charge >= 0.3 is 5.97 Å². The lowest BCUT2D eigenvalue weighted by atomic mass is 10.2. The molecule has 146 valence electrons. The van der Waals surface area contributed by atoms with Crippen molar-refractivity contribution in [2.45, 2.75) is 13.8 Å². The first-order valence-corrected chi connectivity index (χ1v) is 9.67. The number of esters is 1. The summed E-state index contributed by atoms with van der Waals surface area (Å²) in [7, 11) is 1.54. The number of thiazole rings is 1. The molecule has 1 N–H and O–H groups in total. The molecule has 0 aliphatic rings. The predicted molar refractivity (Wildman–Crippen MR) is 110 cm³/mol. The van der Waals surface area contributed by atoms with Crippen LogP contribution >= 0.6 is 22.9 Å². The molecule has 9 heteroatoms. The summed E-state index contributed by atoms with van der Waals surface area (Å²) in [6, 6.07) is 6.79. The molecule has 0 aliphatic carbocycles. The van der Waals surface area contributed by atoms with Crippen molar-refractivity contribution < 1.29 is 14.3 Å². The monoisotopic (exact) mass is 418 g/mol. The smallest absolute Gasteiger partial charge is 0.339 e. The predicted octanol–water partition coefficient (Wildman–Crippen LogP) is 4.42. The van der Waals surface area contributed by atoms with E-state index in [0.29, 0.717) is 18.2 Å². The molecule has 0 bridgehead atoms. The van der Waals surface area contributed by atoms with Crippen LogP contribution in [0, 0.1) is 13.8 Å². The van der Waals surface area contributed by atoms with Crippen molar-refractivity contribution in [3.63, 3.8) is 0 Å². The summed E-state index contributed by atoms with van der Waals surface area (Å²) in [6.07, 6.45) is 1.68. The quantitative estimate of drug-likeness (QED) is 0.449. The third kappa shape index (κ3) is 4.83. The molecule has 0 saturated heterocycles. The van der Waals surface area contributed by atoms with Crippen LogP contribution in [0.4, 0.5) is 11.6 Å². The average molecular weight is 419 g/mol. The zero-order valence-electron chi connectivity index (χ0n) is 15.7. The SMILES string of the molecule is COCCOC(=O)c1ccc(Nc2nccc(-c3sc(C)nc3C)n2)cc1Cl. The Morgan fingerprint density at radius 1 is 1.21 bits per heavy atom. The van der Waals surface area contributed by atoms with Gasteiger partial charge in [0.1, 0.15) is 6.61 Å². The molecule has 7 nitrogen and oxygen atoms in total. The molecule has 0 spiro atoms. The van der Waals surface area contributed by atoms with E-state index in [2.05, 4.69) is 20.3 Å². The van der Waals surface area contributed by atoms with Crippen molar-refractivity contribution in [2.75, 3.05) is 25.6 Å². The normalized spacial score (nSPS) is 10.7. The third-order valence-electron chi connectivity index (χ3n) is 3.76. The third-order valence-corrected chi connectivity index (χ3v) is 5.17. The number of halogens is 1. The molecule has 3 rings (SSSR count). The van der Waals surface area contributed by atoms with E-state index in [-0.39, 0.29) is 17.2 Å². The molecule has 28 heavy (non-hydrogen) atoms. The van der Waals surface area contributed by atoms with Crippen molar-refractivity contribution in [1.82, 2.24) is 15.0 Å². The van der Waals surface area contributed by atoms with Gasteiger partial charge in [0.25, 0.3) is 0 Å². The maximum Gasteiger partial charge on any atom is 0.339 e. The Bertz CT molecular complexity index is 993. The van der Waals surface area contributed by atoms with Gasteiger partial charge in [-0.3, -0.25) is 0 Å². The second-order valence-electron chi connectivity index (χ2n) is 5.86. The van der Waals surface area contributed by atoms with Gasteiger partial charge in [-0.2, -0.15) is 0 Å². The van der Waals surface area contributed by atoms with Gasteiger partial charge in [-0.15, -0.1) is 11.3 Å². The van der Waals surface area contributed by atoms with Crippen LogP contribution in [0.2, 0.25) is 5.02 Å². The van der Waals surface area contributed by atoms with E-state index in [9.17, 15) is 4.79 Å². The minimum atomic E-state index is -0.497. The van der Waals surface area contributed by atoms with Crippen LogP contribution < -0.4 is 5.32 Å². The van der Waals surface area contributed by atoms with Crippen LogP contribution in [0.25, 0.3) is 10.6 Å². The van der Waals surface area contributed by atoms with Gasteiger partial charge in [-0.1, -0.05) is 11.6 Å². The minimum Gasteiger partial charge on any atom is -0.460 e. The summed E-state index contributed by atoms with van der Waals surface area (Å²) in [5.41, 5.74) is 2.68. The van der Waals surface area contributed by atoms with Crippen LogP contribution in [0.1, 0.15) is 21.1 Å². The fraction of sp³-hybridized carbons (Fsp3) is 0.263. The van der Waals surface area contributed by atoms with Crippen LogP contribution in [-0.4, -0.2) is 41.2 Å². The Balaban J connectivity index is 1.75. The van der Waals surface area contributed by atoms with E-state index in [0.717, 1.165) is 21.3 Å². The van der Waals surface area contributed by atoms with Gasteiger partial charge in [-0.05, 0) is 38.1 Å². The summed E-state index contributed by atoms with van der Waals surface area (Å²) in [5.74, 6) is -0.0719. The number of aryl methyl sites for hydroxylation is 2. The first-order chi connectivity index (χ1) is 13.5. The Hall–Kier alpha value is -2.55. The maximum atomic E-state index is 12.0. The second-order valence-corrected chi connectivity index (χ2v) is 7.47. The van der Waals surface area contributed by atoms with Crippen LogP contribution in [0.15, 0.2) is 30.5 Å². The number of rotatable bonds is 7. The molecule has 2 heterocycles. The second kappa shape index (κ2) is 9.09. The number of methoxy groups -OCH3 is 1. The van der Waals surface area contributed by atoms with Crippen LogP contribution in [-0.2, 0) is 9.47 Å². The van der Waals surface area contributed by atoms with E-state index in [1.54, 1.807) is 35.7 Å². The highest BCUT2D eigenvalue weighted by atomic mass is 35.5. The lowest BCUT2D eigenvalue weighted by Crippen LogP contribution is -2.10. The number of ether oxygens (including phenoxy) is 2. The Labute approximate surface area is 171 Å². The van der Waals surface area contributed by atoms with Gasteiger partial charge in [0.15, 0.2) is 0 Å². The molecule has 0 atom stereocenters. The molecule has 3 aromatic rings. The zero-order chi connectivity index (χ0) is 20.1. The molecule has 2 aromatic heterocycles. The molecule has 1 aromatic carbocycles. The van der Waals surface area contributed by atoms with E-state index in [4.69, 9.17) is 21.1 Å². The number of benzene rings is 1. The van der Waals surface area contributed by atoms with Gasteiger partial charge in [0, 0.05) is 19.0 Å². The van der Waals surface area contributed by atoms with E-state index in [1.165, 1.54) is 7.11 Å². The Morgan fingerprint density at radius 3 is 2.71 bits per heavy atom. The molecule has 0 saturated carbocycles. The summed E-state index contributed by atoms with van der Waals surface area (Å²) < 4.78 is 9.94. The number of nitrogens with zero attached hydrogens (tertiary/aromatic N) is 3. The number of hydrogen-bond donors (Lipinski definition) is 1. The van der Waals surface area contributed by atoms with Crippen molar-refractivity contribution >= 4 is 40.5 Å². The summed E-state index contributed by atoms with van der Waals surface area (Å²) in [5, 5.41) is 4.37. The first kappa shape index (κ1) is 20.2. The standard InChI is InChI=1S/C19H19ClN4O3S/c1-11-17(28-12(2)22-11)16-6-7-21-19(24-16)23-13-4-5-14(15(20)10-13)18(25)27-9-8-26-3/h4-7,10H,8-9H2,1-3H3,(H,21,23,24). The van der Waals surface area contributed by atoms with Crippen molar-refractivity contribution in [2.24, 2.45) is 0 Å². The van der Waals surface area contributed by atoms with Crippen molar-refractivity contribution in [1.29, 1.82) is 0 Å². The largest absolute Gasteiger partial charge is 0.460 e. The number of anilines is 2. The van der Waals surface area contributed by atoms with Crippen LogP contribution in [0.3, 0.4) is 0 Å². The minimum absolute atomic E-state index is 0.169. The number of carbonyl (C=O) groups is 1. The molecule has 0 radical (unpaired) electrons. The van der Waals surface area contributed by atoms with Crippen molar-refractivity contribution in [3.8, 4) is 10.6 Å². The van der Waals surface area contributed by atoms with Gasteiger partial charge < -0.3 is 14.8 Å². The first-order valence-electron chi connectivity index (χ1n) is 8.48. The van der Waals surface area contributed by atoms with Gasteiger partial charge in [0.05, 0.1) is 38.5 Å². The topological polar surface area (TPSA) is 86.2 Å². The number of hydrogen-bond acceptors (Lipinski definition) is 8. The lowest BCUT2D eigenvalue weighted by molar-refractivity contribution is 0.0388. The molecule has 0 unspecified atom stereocenters. The fourth-order valence-electron chi connectivity index (χ4n) is 2.50. The van der Waals surface area contributed by atoms with E-state index < -0.39 is 5.97 Å². The van der Waals surface area contributed by atoms with E-state index in [1.807, 2.05) is 19.9 Å². The van der Waals surface area contributed by atoms with Gasteiger partial charge in [0.2, 0.25) is 5.95 Å². The molecule has 0 fully saturated rings. The molecule has 0 aliphatic heterocycles. The van der Waals surface area contributed by atoms with Gasteiger partial charge in [-0.25, -0.2) is 19.7 Å². The average Bonchev–Trinajstić information content (AvgIpc) is 3.00.